The van der Waals surface area contributed by atoms with Crippen LogP contribution in [0.5, 0.6) is 0 Å². The zero-order valence-electron chi connectivity index (χ0n) is 15.2. The van der Waals surface area contributed by atoms with Crippen LogP contribution in [0.2, 0.25) is 0 Å². The molecule has 1 aliphatic carbocycles. The lowest BCUT2D eigenvalue weighted by Gasteiger charge is -2.25. The summed E-state index contributed by atoms with van der Waals surface area (Å²) in [4.78, 5) is 0. The van der Waals surface area contributed by atoms with Gasteiger partial charge in [0.2, 0.25) is 0 Å². The van der Waals surface area contributed by atoms with E-state index in [-0.39, 0.29) is 5.82 Å². The average Bonchev–Trinajstić information content (AvgIpc) is 2.62. The Morgan fingerprint density at radius 1 is 0.960 bits per heavy atom. The first-order chi connectivity index (χ1) is 12.1. The monoisotopic (exact) mass is 333 g/mol. The summed E-state index contributed by atoms with van der Waals surface area (Å²) in [6, 6.07) is 13.5. The van der Waals surface area contributed by atoms with Gasteiger partial charge >= 0.3 is 0 Å². The number of hydrogen-bond donors (Lipinski definition) is 0. The van der Waals surface area contributed by atoms with Crippen molar-refractivity contribution in [3.8, 4) is 11.8 Å². The minimum Gasteiger partial charge on any atom is -0.206 e. The Bertz CT molecular complexity index is 753. The highest BCUT2D eigenvalue weighted by Crippen LogP contribution is 2.32. The van der Waals surface area contributed by atoms with Gasteiger partial charge in [-0.15, -0.1) is 0 Å². The smallest absolute Gasteiger partial charge is 0.139 e. The molecule has 2 aromatic carbocycles. The molecule has 0 N–H and O–H groups in total. The number of hydrogen-bond acceptors (Lipinski definition) is 0. The fourth-order valence-electron chi connectivity index (χ4n) is 3.42. The minimum atomic E-state index is -0.204. The Balaban J connectivity index is 1.60. The van der Waals surface area contributed by atoms with Crippen molar-refractivity contribution in [3.05, 3.63) is 76.5 Å². The molecule has 0 unspecified atom stereocenters. The molecule has 0 nitrogen and oxygen atoms in total. The number of rotatable bonds is 3. The van der Waals surface area contributed by atoms with E-state index < -0.39 is 0 Å². The molecule has 2 aromatic rings. The van der Waals surface area contributed by atoms with Gasteiger partial charge in [-0.1, -0.05) is 42.5 Å². The van der Waals surface area contributed by atoms with Crippen LogP contribution in [-0.4, -0.2) is 0 Å². The number of benzene rings is 2. The van der Waals surface area contributed by atoms with Crippen molar-refractivity contribution in [3.63, 3.8) is 0 Å². The third kappa shape index (κ3) is 5.20. The second-order valence-electron chi connectivity index (χ2n) is 7.37. The molecule has 1 saturated carbocycles. The normalized spacial score (nSPS) is 15.6. The lowest BCUT2D eigenvalue weighted by molar-refractivity contribution is 0.358. The molecule has 0 aliphatic heterocycles. The molecule has 0 aromatic heterocycles. The van der Waals surface area contributed by atoms with E-state index in [1.54, 1.807) is 12.0 Å². The van der Waals surface area contributed by atoms with Crippen LogP contribution in [0.25, 0.3) is 0 Å². The maximum Gasteiger partial charge on any atom is 0.139 e. The molecular weight excluding hydrogens is 307 g/mol. The summed E-state index contributed by atoms with van der Waals surface area (Å²) in [5.74, 6) is 8.24. The van der Waals surface area contributed by atoms with Crippen molar-refractivity contribution in [2.45, 2.75) is 52.4 Å². The van der Waals surface area contributed by atoms with Crippen LogP contribution in [0.1, 0.15) is 61.3 Å². The van der Waals surface area contributed by atoms with Crippen molar-refractivity contribution in [2.75, 3.05) is 0 Å². The van der Waals surface area contributed by atoms with E-state index >= 15 is 0 Å². The van der Waals surface area contributed by atoms with Gasteiger partial charge in [-0.05, 0) is 87.1 Å². The summed E-state index contributed by atoms with van der Waals surface area (Å²) in [7, 11) is 0. The van der Waals surface area contributed by atoms with Crippen LogP contribution >= 0.6 is 0 Å². The molecule has 0 amide bonds. The zero-order chi connectivity index (χ0) is 17.6. The Labute approximate surface area is 151 Å². The first-order valence-electron chi connectivity index (χ1n) is 9.28. The molecule has 3 rings (SSSR count). The van der Waals surface area contributed by atoms with Crippen molar-refractivity contribution < 1.29 is 4.39 Å². The van der Waals surface area contributed by atoms with E-state index in [0.29, 0.717) is 5.56 Å². The summed E-state index contributed by atoms with van der Waals surface area (Å²) < 4.78 is 14.3. The van der Waals surface area contributed by atoms with E-state index in [2.05, 4.69) is 18.8 Å². The third-order valence-electron chi connectivity index (χ3n) is 5.23. The molecule has 1 fully saturated rings. The summed E-state index contributed by atoms with van der Waals surface area (Å²) in [5.41, 5.74) is 3.68. The predicted molar refractivity (Wildman–Crippen MR) is 103 cm³/mol. The summed E-state index contributed by atoms with van der Waals surface area (Å²) in [6.45, 7) is 4.31. The molecule has 0 bridgehead atoms. The van der Waals surface area contributed by atoms with E-state index in [1.807, 2.05) is 43.3 Å². The molecular formula is C24H26F. The summed E-state index contributed by atoms with van der Waals surface area (Å²) in [6.07, 6.45) is 7.27. The van der Waals surface area contributed by atoms with Gasteiger partial charge in [0.25, 0.3) is 0 Å². The maximum absolute atomic E-state index is 14.3. The van der Waals surface area contributed by atoms with Crippen LogP contribution in [0.3, 0.4) is 0 Å². The van der Waals surface area contributed by atoms with Gasteiger partial charge < -0.3 is 0 Å². The second kappa shape index (κ2) is 8.34. The molecule has 0 atom stereocenters. The van der Waals surface area contributed by atoms with E-state index in [9.17, 15) is 4.39 Å². The Hall–Kier alpha value is -2.07. The van der Waals surface area contributed by atoms with Gasteiger partial charge in [-0.25, -0.2) is 4.39 Å². The molecule has 1 aliphatic rings. The van der Waals surface area contributed by atoms with Gasteiger partial charge in [0, 0.05) is 5.56 Å². The Kier molecular flexibility index (Phi) is 5.92. The van der Waals surface area contributed by atoms with Gasteiger partial charge in [0.15, 0.2) is 0 Å². The zero-order valence-corrected chi connectivity index (χ0v) is 15.2. The summed E-state index contributed by atoms with van der Waals surface area (Å²) >= 11 is 0. The van der Waals surface area contributed by atoms with Crippen LogP contribution in [0.4, 0.5) is 4.39 Å². The van der Waals surface area contributed by atoms with Crippen molar-refractivity contribution in [1.82, 2.24) is 0 Å². The molecule has 0 spiro atoms. The molecule has 1 heteroatoms. The summed E-state index contributed by atoms with van der Waals surface area (Å²) in [5, 5.41) is 0. The predicted octanol–water partition coefficient (Wildman–Crippen LogP) is 6.25. The molecule has 129 valence electrons. The fourth-order valence-corrected chi connectivity index (χ4v) is 3.42. The van der Waals surface area contributed by atoms with Crippen molar-refractivity contribution >= 4 is 0 Å². The SMILES string of the molecule is C[C]1CCC(CCc2ccc(C#Cc3ccc(C)cc3)c(F)c2)CC1. The Morgan fingerprint density at radius 2 is 1.68 bits per heavy atom. The first-order valence-corrected chi connectivity index (χ1v) is 9.28. The minimum absolute atomic E-state index is 0.204. The fraction of sp³-hybridized carbons (Fsp3) is 0.375. The standard InChI is InChI=1S/C24H26F/c1-18-3-7-20(8-4-18)11-12-22-14-16-23(24(25)17-22)15-13-21-9-5-19(2)6-10-21/h5-6,9-10,14,16-17,20H,3-4,7-8,11-12H2,1-2H3. The molecule has 25 heavy (non-hydrogen) atoms. The third-order valence-corrected chi connectivity index (χ3v) is 5.23. The van der Waals surface area contributed by atoms with Gasteiger partial charge in [-0.2, -0.15) is 0 Å². The van der Waals surface area contributed by atoms with Gasteiger partial charge in [0.05, 0.1) is 5.56 Å². The van der Waals surface area contributed by atoms with E-state index in [1.165, 1.54) is 37.7 Å². The van der Waals surface area contributed by atoms with Gasteiger partial charge in [0.1, 0.15) is 5.82 Å². The molecule has 0 heterocycles. The highest BCUT2D eigenvalue weighted by atomic mass is 19.1. The lowest BCUT2D eigenvalue weighted by Crippen LogP contribution is -2.11. The molecule has 0 saturated heterocycles. The Morgan fingerprint density at radius 3 is 2.36 bits per heavy atom. The average molecular weight is 333 g/mol. The van der Waals surface area contributed by atoms with Crippen molar-refractivity contribution in [2.24, 2.45) is 5.92 Å². The van der Waals surface area contributed by atoms with Crippen molar-refractivity contribution in [1.29, 1.82) is 0 Å². The molecule has 1 radical (unpaired) electrons. The van der Waals surface area contributed by atoms with E-state index in [4.69, 9.17) is 0 Å². The van der Waals surface area contributed by atoms with Crippen LogP contribution in [-0.2, 0) is 6.42 Å². The first kappa shape index (κ1) is 17.7. The highest BCUT2D eigenvalue weighted by molar-refractivity contribution is 5.44. The quantitative estimate of drug-likeness (QED) is 0.582. The number of aryl methyl sites for hydroxylation is 2. The van der Waals surface area contributed by atoms with E-state index in [0.717, 1.165) is 23.5 Å². The topological polar surface area (TPSA) is 0 Å². The largest absolute Gasteiger partial charge is 0.206 e. The van der Waals surface area contributed by atoms with Gasteiger partial charge in [-0.3, -0.25) is 0 Å². The van der Waals surface area contributed by atoms with Crippen LogP contribution < -0.4 is 0 Å². The lowest BCUT2D eigenvalue weighted by atomic mass is 9.80. The van der Waals surface area contributed by atoms with Crippen LogP contribution in [0, 0.1) is 36.4 Å². The number of halogens is 1. The second-order valence-corrected chi connectivity index (χ2v) is 7.37. The maximum atomic E-state index is 14.3. The highest BCUT2D eigenvalue weighted by Gasteiger charge is 2.18. The van der Waals surface area contributed by atoms with Crippen LogP contribution in [0.15, 0.2) is 42.5 Å².